The molecule has 0 radical (unpaired) electrons. The number of rotatable bonds is 7. The molecule has 1 amide bonds. The Kier molecular flexibility index (Phi) is 5.22. The van der Waals surface area contributed by atoms with Gasteiger partial charge in [0.15, 0.2) is 0 Å². The molecule has 0 saturated heterocycles. The molecule has 0 atom stereocenters. The Bertz CT molecular complexity index is 1080. The third-order valence-corrected chi connectivity index (χ3v) is 5.88. The summed E-state index contributed by atoms with van der Waals surface area (Å²) in [6.07, 6.45) is 2.63. The number of benzene rings is 2. The zero-order valence-corrected chi connectivity index (χ0v) is 16.1. The molecule has 8 nitrogen and oxygen atoms in total. The number of hydrogen-bond acceptors (Lipinski definition) is 5. The molecule has 0 aliphatic heterocycles. The molecule has 27 heavy (non-hydrogen) atoms. The number of amides is 1. The van der Waals surface area contributed by atoms with Gasteiger partial charge in [0, 0.05) is 11.7 Å². The zero-order chi connectivity index (χ0) is 19.7. The highest BCUT2D eigenvalue weighted by Gasteiger charge is 2.28. The van der Waals surface area contributed by atoms with Gasteiger partial charge in [-0.3, -0.25) is 9.52 Å². The van der Waals surface area contributed by atoms with Crippen LogP contribution in [0.25, 0.3) is 0 Å². The Morgan fingerprint density at radius 1 is 1.00 bits per heavy atom. The van der Waals surface area contributed by atoms with Crippen LogP contribution >= 0.6 is 0 Å². The molecule has 0 spiro atoms. The van der Waals surface area contributed by atoms with Crippen LogP contribution in [0.2, 0.25) is 0 Å². The molecule has 1 fully saturated rings. The Balaban J connectivity index is 1.82. The first kappa shape index (κ1) is 19.3. The third kappa shape index (κ3) is 5.28. The van der Waals surface area contributed by atoms with Crippen molar-refractivity contribution in [3.8, 4) is 0 Å². The number of para-hydroxylation sites is 1. The summed E-state index contributed by atoms with van der Waals surface area (Å²) in [7, 11) is -7.20. The van der Waals surface area contributed by atoms with Crippen molar-refractivity contribution in [2.75, 3.05) is 16.3 Å². The normalized spacial score (nSPS) is 14.6. The van der Waals surface area contributed by atoms with Crippen LogP contribution in [0.3, 0.4) is 0 Å². The minimum atomic E-state index is -3.65. The summed E-state index contributed by atoms with van der Waals surface area (Å²) in [4.78, 5) is 12.6. The highest BCUT2D eigenvalue weighted by molar-refractivity contribution is 7.92. The van der Waals surface area contributed by atoms with Crippen molar-refractivity contribution in [1.82, 2.24) is 4.72 Å². The van der Waals surface area contributed by atoms with E-state index in [4.69, 9.17) is 0 Å². The first-order valence-corrected chi connectivity index (χ1v) is 11.5. The molecular formula is C17H19N3O5S2. The van der Waals surface area contributed by atoms with E-state index < -0.39 is 26.0 Å². The van der Waals surface area contributed by atoms with Crippen molar-refractivity contribution in [2.45, 2.75) is 23.8 Å². The van der Waals surface area contributed by atoms with E-state index >= 15 is 0 Å². The molecule has 1 saturated carbocycles. The molecular weight excluding hydrogens is 390 g/mol. The monoisotopic (exact) mass is 409 g/mol. The van der Waals surface area contributed by atoms with E-state index in [2.05, 4.69) is 14.8 Å². The van der Waals surface area contributed by atoms with E-state index in [1.165, 1.54) is 30.3 Å². The van der Waals surface area contributed by atoms with Crippen molar-refractivity contribution >= 4 is 37.3 Å². The van der Waals surface area contributed by atoms with Gasteiger partial charge >= 0.3 is 0 Å². The lowest BCUT2D eigenvalue weighted by atomic mass is 10.1. The number of hydrogen-bond donors (Lipinski definition) is 3. The molecule has 1 aliphatic rings. The molecule has 3 N–H and O–H groups in total. The van der Waals surface area contributed by atoms with E-state index in [9.17, 15) is 21.6 Å². The van der Waals surface area contributed by atoms with Crippen molar-refractivity contribution in [3.63, 3.8) is 0 Å². The SMILES string of the molecule is CS(=O)(=O)Nc1ccccc1C(=O)Nc1cccc(S(=O)(=O)NC2CC2)c1. The van der Waals surface area contributed by atoms with Gasteiger partial charge in [-0.15, -0.1) is 0 Å². The lowest BCUT2D eigenvalue weighted by molar-refractivity contribution is 0.102. The quantitative estimate of drug-likeness (QED) is 0.643. The van der Waals surface area contributed by atoms with Crippen molar-refractivity contribution in [1.29, 1.82) is 0 Å². The summed E-state index contributed by atoms with van der Waals surface area (Å²) in [5.74, 6) is -0.563. The molecule has 1 aliphatic carbocycles. The summed E-state index contributed by atoms with van der Waals surface area (Å²) in [5.41, 5.74) is 0.539. The molecule has 0 bridgehead atoms. The highest BCUT2D eigenvalue weighted by atomic mass is 32.2. The van der Waals surface area contributed by atoms with Crippen LogP contribution in [0.5, 0.6) is 0 Å². The standard InChI is InChI=1S/C17H19N3O5S2/c1-26(22,23)20-16-8-3-2-7-15(16)17(21)18-13-5-4-6-14(11-13)27(24,25)19-12-9-10-12/h2-8,11-12,19-20H,9-10H2,1H3,(H,18,21). The average molecular weight is 409 g/mol. The summed E-state index contributed by atoms with van der Waals surface area (Å²) in [6.45, 7) is 0. The summed E-state index contributed by atoms with van der Waals surface area (Å²) >= 11 is 0. The van der Waals surface area contributed by atoms with Crippen LogP contribution < -0.4 is 14.8 Å². The van der Waals surface area contributed by atoms with E-state index in [1.807, 2.05) is 0 Å². The smallest absolute Gasteiger partial charge is 0.257 e. The molecule has 2 aromatic rings. The van der Waals surface area contributed by atoms with Gasteiger partial charge in [0.1, 0.15) is 0 Å². The van der Waals surface area contributed by atoms with E-state index in [-0.39, 0.29) is 27.9 Å². The van der Waals surface area contributed by atoms with Gasteiger partial charge in [-0.1, -0.05) is 18.2 Å². The van der Waals surface area contributed by atoms with Crippen LogP contribution in [-0.2, 0) is 20.0 Å². The fraction of sp³-hybridized carbons (Fsp3) is 0.235. The maximum absolute atomic E-state index is 12.6. The van der Waals surface area contributed by atoms with Crippen LogP contribution in [0.4, 0.5) is 11.4 Å². The van der Waals surface area contributed by atoms with Gasteiger partial charge in [-0.2, -0.15) is 0 Å². The molecule has 144 valence electrons. The second-order valence-electron chi connectivity index (χ2n) is 6.30. The van der Waals surface area contributed by atoms with E-state index in [1.54, 1.807) is 18.2 Å². The third-order valence-electron chi connectivity index (χ3n) is 3.77. The molecule has 2 aromatic carbocycles. The largest absolute Gasteiger partial charge is 0.322 e. The predicted octanol–water partition coefficient (Wildman–Crippen LogP) is 1.75. The highest BCUT2D eigenvalue weighted by Crippen LogP contribution is 2.24. The molecule has 3 rings (SSSR count). The number of carbonyl (C=O) groups is 1. The number of carbonyl (C=O) groups excluding carboxylic acids is 1. The lowest BCUT2D eigenvalue weighted by Gasteiger charge is -2.12. The molecule has 0 aromatic heterocycles. The first-order chi connectivity index (χ1) is 12.6. The number of sulfonamides is 2. The maximum Gasteiger partial charge on any atom is 0.257 e. The topological polar surface area (TPSA) is 121 Å². The first-order valence-electron chi connectivity index (χ1n) is 8.15. The lowest BCUT2D eigenvalue weighted by Crippen LogP contribution is -2.25. The summed E-state index contributed by atoms with van der Waals surface area (Å²) in [5, 5.41) is 2.60. The molecule has 10 heteroatoms. The van der Waals surface area contributed by atoms with Gasteiger partial charge in [0.05, 0.1) is 22.4 Å². The van der Waals surface area contributed by atoms with Crippen molar-refractivity contribution < 1.29 is 21.6 Å². The Hall–Kier alpha value is -2.43. The van der Waals surface area contributed by atoms with Gasteiger partial charge < -0.3 is 5.32 Å². The van der Waals surface area contributed by atoms with Crippen molar-refractivity contribution in [3.05, 3.63) is 54.1 Å². The second kappa shape index (κ2) is 7.29. The number of anilines is 2. The second-order valence-corrected chi connectivity index (χ2v) is 9.76. The minimum absolute atomic E-state index is 0.0257. The Morgan fingerprint density at radius 2 is 1.70 bits per heavy atom. The zero-order valence-electron chi connectivity index (χ0n) is 14.5. The summed E-state index contributed by atoms with van der Waals surface area (Å²) < 4.78 is 52.4. The van der Waals surface area contributed by atoms with Gasteiger partial charge in [0.2, 0.25) is 20.0 Å². The Morgan fingerprint density at radius 3 is 2.37 bits per heavy atom. The van der Waals surface area contributed by atoms with Crippen LogP contribution in [0, 0.1) is 0 Å². The maximum atomic E-state index is 12.6. The molecule has 0 unspecified atom stereocenters. The van der Waals surface area contributed by atoms with Gasteiger partial charge in [-0.25, -0.2) is 21.6 Å². The fourth-order valence-electron chi connectivity index (χ4n) is 2.40. The van der Waals surface area contributed by atoms with Gasteiger partial charge in [0.25, 0.3) is 5.91 Å². The van der Waals surface area contributed by atoms with Crippen LogP contribution in [0.15, 0.2) is 53.4 Å². The minimum Gasteiger partial charge on any atom is -0.322 e. The van der Waals surface area contributed by atoms with Crippen LogP contribution in [0.1, 0.15) is 23.2 Å². The van der Waals surface area contributed by atoms with E-state index in [0.29, 0.717) is 0 Å². The summed E-state index contributed by atoms with van der Waals surface area (Å²) in [6, 6.07) is 12.0. The fourth-order valence-corrected chi connectivity index (χ4v) is 4.33. The van der Waals surface area contributed by atoms with Crippen molar-refractivity contribution in [2.24, 2.45) is 0 Å². The molecule has 0 heterocycles. The Labute approximate surface area is 158 Å². The van der Waals surface area contributed by atoms with Gasteiger partial charge in [-0.05, 0) is 43.2 Å². The van der Waals surface area contributed by atoms with Crippen LogP contribution in [-0.4, -0.2) is 35.0 Å². The number of nitrogens with one attached hydrogen (secondary N) is 3. The average Bonchev–Trinajstić information content (AvgIpc) is 3.37. The predicted molar refractivity (Wildman–Crippen MR) is 103 cm³/mol. The van der Waals surface area contributed by atoms with E-state index in [0.717, 1.165) is 19.1 Å².